The number of benzene rings is 2. The highest BCUT2D eigenvalue weighted by Crippen LogP contribution is 2.18. The average Bonchev–Trinajstić information content (AvgIpc) is 3.54. The van der Waals surface area contributed by atoms with Crippen molar-refractivity contribution in [3.05, 3.63) is 78.0 Å². The first kappa shape index (κ1) is 22.5. The summed E-state index contributed by atoms with van der Waals surface area (Å²) in [4.78, 5) is 26.7. The minimum absolute atomic E-state index is 0.0237. The van der Waals surface area contributed by atoms with Gasteiger partial charge in [-0.3, -0.25) is 14.7 Å². The van der Waals surface area contributed by atoms with E-state index in [1.54, 1.807) is 11.9 Å². The molecule has 0 bridgehead atoms. The predicted octanol–water partition coefficient (Wildman–Crippen LogP) is 3.88. The van der Waals surface area contributed by atoms with Crippen LogP contribution in [0.25, 0.3) is 11.3 Å². The number of nitrogens with zero attached hydrogens (tertiary/aromatic N) is 4. The Hall–Kier alpha value is -3.74. The van der Waals surface area contributed by atoms with E-state index in [0.29, 0.717) is 13.1 Å². The van der Waals surface area contributed by atoms with Crippen LogP contribution in [0.5, 0.6) is 0 Å². The Morgan fingerprint density at radius 1 is 1.00 bits per heavy atom. The molecule has 0 saturated heterocycles. The van der Waals surface area contributed by atoms with Crippen molar-refractivity contribution in [1.82, 2.24) is 20.1 Å². The third-order valence-corrected chi connectivity index (χ3v) is 5.82. The summed E-state index contributed by atoms with van der Waals surface area (Å²) in [6.45, 7) is 1.20. The van der Waals surface area contributed by atoms with Gasteiger partial charge in [0.1, 0.15) is 0 Å². The maximum absolute atomic E-state index is 12.5. The molecule has 0 radical (unpaired) electrons. The van der Waals surface area contributed by atoms with Crippen molar-refractivity contribution >= 4 is 17.5 Å². The lowest BCUT2D eigenvalue weighted by molar-refractivity contribution is -0.136. The zero-order valence-corrected chi connectivity index (χ0v) is 18.9. The summed E-state index contributed by atoms with van der Waals surface area (Å²) in [6.07, 6.45) is 2.74. The van der Waals surface area contributed by atoms with Gasteiger partial charge in [-0.15, -0.1) is 0 Å². The van der Waals surface area contributed by atoms with Crippen LogP contribution in [0.3, 0.4) is 0 Å². The van der Waals surface area contributed by atoms with Gasteiger partial charge in [0.15, 0.2) is 0 Å². The highest BCUT2D eigenvalue weighted by atomic mass is 16.2. The molecular formula is C26H29N5O2. The summed E-state index contributed by atoms with van der Waals surface area (Å²) >= 11 is 0. The fraction of sp³-hybridized carbons (Fsp3) is 0.308. The van der Waals surface area contributed by atoms with Gasteiger partial charge >= 0.3 is 0 Å². The number of hydrogen-bond donors (Lipinski definition) is 1. The van der Waals surface area contributed by atoms with Gasteiger partial charge in [-0.05, 0) is 24.5 Å². The normalized spacial score (nSPS) is 13.1. The Morgan fingerprint density at radius 2 is 1.70 bits per heavy atom. The van der Waals surface area contributed by atoms with Crippen molar-refractivity contribution in [2.45, 2.75) is 32.1 Å². The van der Waals surface area contributed by atoms with E-state index in [1.807, 2.05) is 60.7 Å². The number of H-pyrrole nitrogens is 1. The molecule has 1 aromatic heterocycles. The molecule has 1 aliphatic rings. The molecule has 7 heteroatoms. The van der Waals surface area contributed by atoms with Crippen LogP contribution >= 0.6 is 0 Å². The minimum Gasteiger partial charge on any atom is -0.346 e. The lowest BCUT2D eigenvalue weighted by Crippen LogP contribution is -2.30. The monoisotopic (exact) mass is 443 g/mol. The molecule has 1 N–H and O–H groups in total. The molecular weight excluding hydrogens is 414 g/mol. The number of nitrogens with one attached hydrogen (secondary N) is 1. The van der Waals surface area contributed by atoms with E-state index in [2.05, 4.69) is 21.4 Å². The van der Waals surface area contributed by atoms with Gasteiger partial charge in [-0.1, -0.05) is 60.7 Å². The Kier molecular flexibility index (Phi) is 7.29. The molecule has 0 aliphatic carbocycles. The largest absolute Gasteiger partial charge is 0.346 e. The molecule has 0 saturated carbocycles. The molecule has 2 aromatic carbocycles. The highest BCUT2D eigenvalue weighted by molar-refractivity contribution is 6.02. The van der Waals surface area contributed by atoms with Crippen LogP contribution in [0.4, 0.5) is 0 Å². The Balaban J connectivity index is 1.18. The first-order chi connectivity index (χ1) is 16.1. The number of carbonyl (C=O) groups is 2. The lowest BCUT2D eigenvalue weighted by Gasteiger charge is -2.17. The molecule has 0 spiro atoms. The summed E-state index contributed by atoms with van der Waals surface area (Å²) < 4.78 is 0. The second-order valence-corrected chi connectivity index (χ2v) is 8.24. The highest BCUT2D eigenvalue weighted by Gasteiger charge is 2.22. The van der Waals surface area contributed by atoms with E-state index in [9.17, 15) is 9.59 Å². The summed E-state index contributed by atoms with van der Waals surface area (Å²) in [7, 11) is 1.79. The zero-order chi connectivity index (χ0) is 23.0. The molecule has 1 aliphatic heterocycles. The summed E-state index contributed by atoms with van der Waals surface area (Å²) in [5.74, 6) is -0.127. The summed E-state index contributed by atoms with van der Waals surface area (Å²) in [5, 5.41) is 13.4. The van der Waals surface area contributed by atoms with E-state index in [-0.39, 0.29) is 24.7 Å². The lowest BCUT2D eigenvalue weighted by atomic mass is 10.1. The van der Waals surface area contributed by atoms with Crippen molar-refractivity contribution in [1.29, 1.82) is 0 Å². The molecule has 0 unspecified atom stereocenters. The number of hydrogen-bond acceptors (Lipinski definition) is 4. The van der Waals surface area contributed by atoms with Gasteiger partial charge < -0.3 is 4.90 Å². The minimum atomic E-state index is -0.103. The van der Waals surface area contributed by atoms with Gasteiger partial charge in [0.2, 0.25) is 11.8 Å². The second-order valence-electron chi connectivity index (χ2n) is 8.24. The molecule has 170 valence electrons. The number of aromatic nitrogens is 2. The van der Waals surface area contributed by atoms with Crippen LogP contribution in [0.15, 0.2) is 71.8 Å². The van der Waals surface area contributed by atoms with Crippen LogP contribution < -0.4 is 0 Å². The Labute approximate surface area is 194 Å². The van der Waals surface area contributed by atoms with E-state index < -0.39 is 0 Å². The first-order valence-electron chi connectivity index (χ1n) is 11.4. The second kappa shape index (κ2) is 10.7. The zero-order valence-electron chi connectivity index (χ0n) is 18.9. The molecule has 0 atom stereocenters. The van der Waals surface area contributed by atoms with Gasteiger partial charge in [-0.25, -0.2) is 5.01 Å². The maximum Gasteiger partial charge on any atom is 0.243 e. The fourth-order valence-corrected chi connectivity index (χ4v) is 3.88. The van der Waals surface area contributed by atoms with Gasteiger partial charge in [0, 0.05) is 44.1 Å². The van der Waals surface area contributed by atoms with Crippen LogP contribution in [0.1, 0.15) is 36.9 Å². The molecule has 2 amide bonds. The summed E-state index contributed by atoms with van der Waals surface area (Å²) in [6, 6.07) is 22.0. The number of hydrazone groups is 1. The number of aryl methyl sites for hydroxylation is 1. The molecule has 33 heavy (non-hydrogen) atoms. The average molecular weight is 444 g/mol. The van der Waals surface area contributed by atoms with Crippen molar-refractivity contribution in [2.24, 2.45) is 5.10 Å². The van der Waals surface area contributed by atoms with Gasteiger partial charge in [0.05, 0.1) is 18.0 Å². The third kappa shape index (κ3) is 5.94. The Morgan fingerprint density at radius 3 is 2.42 bits per heavy atom. The standard InChI is InChI=1S/C26H29N5O2/c1-30(17-8-13-22-19-24(28-27-22)21-11-6-3-7-12-21)25(32)14-15-26(33)31-18-16-23(29-31)20-9-4-2-5-10-20/h2-7,9-12,19H,8,13-18H2,1H3,(H,27,28). The predicted molar refractivity (Wildman–Crippen MR) is 129 cm³/mol. The van der Waals surface area contributed by atoms with Gasteiger partial charge in [-0.2, -0.15) is 10.2 Å². The molecule has 0 fully saturated rings. The summed E-state index contributed by atoms with van der Waals surface area (Å²) in [5.41, 5.74) is 5.01. The van der Waals surface area contributed by atoms with Crippen LogP contribution in [0.2, 0.25) is 0 Å². The molecule has 7 nitrogen and oxygen atoms in total. The third-order valence-electron chi connectivity index (χ3n) is 5.82. The number of rotatable bonds is 9. The van der Waals surface area contributed by atoms with E-state index in [0.717, 1.165) is 47.5 Å². The first-order valence-corrected chi connectivity index (χ1v) is 11.4. The molecule has 3 aromatic rings. The van der Waals surface area contributed by atoms with Crippen molar-refractivity contribution in [2.75, 3.05) is 20.1 Å². The topological polar surface area (TPSA) is 81.7 Å². The van der Waals surface area contributed by atoms with Gasteiger partial charge in [0.25, 0.3) is 0 Å². The number of aromatic amines is 1. The van der Waals surface area contributed by atoms with Crippen LogP contribution in [-0.4, -0.2) is 57.8 Å². The number of amides is 2. The number of carbonyl (C=O) groups excluding carboxylic acids is 2. The molecule has 4 rings (SSSR count). The van der Waals surface area contributed by atoms with E-state index in [1.165, 1.54) is 5.01 Å². The maximum atomic E-state index is 12.5. The van der Waals surface area contributed by atoms with E-state index in [4.69, 9.17) is 0 Å². The fourth-order valence-electron chi connectivity index (χ4n) is 3.88. The van der Waals surface area contributed by atoms with E-state index >= 15 is 0 Å². The SMILES string of the molecule is CN(CCCc1cc(-c2ccccc2)n[nH]1)C(=O)CCC(=O)N1CCC(c2ccccc2)=N1. The van der Waals surface area contributed by atoms with Crippen LogP contribution in [0, 0.1) is 0 Å². The Bertz CT molecular complexity index is 1110. The van der Waals surface area contributed by atoms with Crippen molar-refractivity contribution in [3.8, 4) is 11.3 Å². The quantitative estimate of drug-likeness (QED) is 0.545. The van der Waals surface area contributed by atoms with Crippen molar-refractivity contribution < 1.29 is 9.59 Å². The molecule has 2 heterocycles. The van der Waals surface area contributed by atoms with Crippen molar-refractivity contribution in [3.63, 3.8) is 0 Å². The smallest absolute Gasteiger partial charge is 0.243 e. The van der Waals surface area contributed by atoms with Crippen LogP contribution in [-0.2, 0) is 16.0 Å².